The Morgan fingerprint density at radius 1 is 1.31 bits per heavy atom. The predicted octanol–water partition coefficient (Wildman–Crippen LogP) is 7.07. The summed E-state index contributed by atoms with van der Waals surface area (Å²) in [7, 11) is 0. The lowest BCUT2D eigenvalue weighted by molar-refractivity contribution is 0.0862. The van der Waals surface area contributed by atoms with Crippen molar-refractivity contribution in [2.75, 3.05) is 6.61 Å². The van der Waals surface area contributed by atoms with Crippen LogP contribution in [-0.4, -0.2) is 34.7 Å². The first-order valence-electron chi connectivity index (χ1n) is 13.5. The molecule has 4 nitrogen and oxygen atoms in total. The minimum atomic E-state index is -0.633. The Morgan fingerprint density at radius 3 is 2.74 bits per heavy atom. The second-order valence-electron chi connectivity index (χ2n) is 12.0. The van der Waals surface area contributed by atoms with Gasteiger partial charge in [-0.1, -0.05) is 81.8 Å². The Morgan fingerprint density at radius 2 is 2.06 bits per heavy atom. The Labute approximate surface area is 213 Å². The van der Waals surface area contributed by atoms with Crippen molar-refractivity contribution in [3.05, 3.63) is 59.3 Å². The van der Waals surface area contributed by atoms with Gasteiger partial charge in [-0.2, -0.15) is 0 Å². The molecule has 0 unspecified atom stereocenters. The van der Waals surface area contributed by atoms with E-state index in [9.17, 15) is 10.2 Å². The van der Waals surface area contributed by atoms with Crippen molar-refractivity contribution < 1.29 is 15.1 Å². The summed E-state index contributed by atoms with van der Waals surface area (Å²) in [6.07, 6.45) is 16.8. The molecule has 5 atom stereocenters. The molecule has 0 aromatic carbocycles. The molecule has 0 aromatic heterocycles. The standard InChI is InChI=1S/C31H47NO3/c1-8-35-32-29(30(4,5)6)13-9-11-21(2)26-16-17-27-23(12-10-18-31(26,27)7)14-15-24-19-25(33)20-28(34)22(24)3/h9,13-16,21,25,27-28,33-34H,3,8,10-12,17-20H2,1-2,4-7H3/b13-9+,23-14+,24-15-,32-29+/t21-,25-,27+,28+,31-/m1/s1. The smallest absolute Gasteiger partial charge is 0.114 e. The number of aliphatic hydroxyl groups excluding tert-OH is 2. The van der Waals surface area contributed by atoms with Crippen molar-refractivity contribution in [3.8, 4) is 0 Å². The summed E-state index contributed by atoms with van der Waals surface area (Å²) in [5.74, 6) is 1.02. The van der Waals surface area contributed by atoms with Gasteiger partial charge < -0.3 is 15.1 Å². The predicted molar refractivity (Wildman–Crippen MR) is 146 cm³/mol. The van der Waals surface area contributed by atoms with Crippen LogP contribution in [0.15, 0.2) is 64.4 Å². The second-order valence-corrected chi connectivity index (χ2v) is 12.0. The summed E-state index contributed by atoms with van der Waals surface area (Å²) in [4.78, 5) is 5.34. The molecule has 0 aliphatic heterocycles. The molecule has 0 radical (unpaired) electrons. The summed E-state index contributed by atoms with van der Waals surface area (Å²) < 4.78 is 0. The molecule has 0 amide bonds. The Kier molecular flexibility index (Phi) is 9.04. The largest absolute Gasteiger partial charge is 0.396 e. The number of rotatable bonds is 7. The molecule has 0 aromatic rings. The van der Waals surface area contributed by atoms with Crippen LogP contribution in [0.3, 0.4) is 0 Å². The van der Waals surface area contributed by atoms with Crippen LogP contribution >= 0.6 is 0 Å². The maximum Gasteiger partial charge on any atom is 0.114 e. The van der Waals surface area contributed by atoms with Crippen molar-refractivity contribution in [1.82, 2.24) is 0 Å². The Hall–Kier alpha value is -1.91. The number of nitrogens with zero attached hydrogens (tertiary/aromatic N) is 1. The minimum absolute atomic E-state index is 0.0497. The van der Waals surface area contributed by atoms with Crippen LogP contribution in [0.2, 0.25) is 0 Å². The number of aliphatic hydroxyl groups is 2. The average molecular weight is 482 g/mol. The third-order valence-corrected chi connectivity index (χ3v) is 8.23. The fraction of sp³-hybridized carbons (Fsp3) is 0.645. The van der Waals surface area contributed by atoms with Crippen LogP contribution in [0.5, 0.6) is 0 Å². The van der Waals surface area contributed by atoms with Gasteiger partial charge in [-0.05, 0) is 79.9 Å². The molecule has 194 valence electrons. The van der Waals surface area contributed by atoms with E-state index in [1.54, 1.807) is 5.57 Å². The van der Waals surface area contributed by atoms with Crippen LogP contribution in [0, 0.1) is 22.7 Å². The summed E-state index contributed by atoms with van der Waals surface area (Å²) in [5.41, 5.74) is 5.98. The van der Waals surface area contributed by atoms with E-state index >= 15 is 0 Å². The third-order valence-electron chi connectivity index (χ3n) is 8.23. The summed E-state index contributed by atoms with van der Waals surface area (Å²) in [6, 6.07) is 0. The first-order chi connectivity index (χ1) is 16.5. The van der Waals surface area contributed by atoms with Crippen molar-refractivity contribution in [2.24, 2.45) is 27.8 Å². The Balaban J connectivity index is 1.72. The maximum atomic E-state index is 10.2. The molecule has 3 aliphatic carbocycles. The highest BCUT2D eigenvalue weighted by atomic mass is 16.6. The summed E-state index contributed by atoms with van der Waals surface area (Å²) in [6.45, 7) is 17.9. The lowest BCUT2D eigenvalue weighted by Crippen LogP contribution is -2.32. The molecule has 2 saturated carbocycles. The van der Waals surface area contributed by atoms with Gasteiger partial charge in [0.05, 0.1) is 17.9 Å². The molecular weight excluding hydrogens is 434 g/mol. The van der Waals surface area contributed by atoms with E-state index in [2.05, 4.69) is 76.7 Å². The third kappa shape index (κ3) is 6.46. The quantitative estimate of drug-likeness (QED) is 0.232. The van der Waals surface area contributed by atoms with Gasteiger partial charge in [0.25, 0.3) is 0 Å². The molecular formula is C31H47NO3. The molecule has 2 fully saturated rings. The number of fused-ring (bicyclic) bond motifs is 1. The summed E-state index contributed by atoms with van der Waals surface area (Å²) in [5, 5.41) is 24.6. The fourth-order valence-corrected chi connectivity index (χ4v) is 6.14. The van der Waals surface area contributed by atoms with E-state index in [-0.39, 0.29) is 10.8 Å². The first-order valence-corrected chi connectivity index (χ1v) is 13.5. The van der Waals surface area contributed by atoms with E-state index in [1.165, 1.54) is 18.4 Å². The second kappa shape index (κ2) is 11.4. The molecule has 0 saturated heterocycles. The lowest BCUT2D eigenvalue weighted by Gasteiger charge is -2.42. The first kappa shape index (κ1) is 27.7. The zero-order chi connectivity index (χ0) is 25.8. The van der Waals surface area contributed by atoms with Gasteiger partial charge in [0.1, 0.15) is 6.61 Å². The zero-order valence-electron chi connectivity index (χ0n) is 22.8. The van der Waals surface area contributed by atoms with Gasteiger partial charge in [-0.3, -0.25) is 0 Å². The molecule has 0 heterocycles. The van der Waals surface area contributed by atoms with Crippen molar-refractivity contribution >= 4 is 5.71 Å². The van der Waals surface area contributed by atoms with Gasteiger partial charge in [-0.15, -0.1) is 0 Å². The van der Waals surface area contributed by atoms with Gasteiger partial charge in [0, 0.05) is 11.8 Å². The molecule has 0 spiro atoms. The highest BCUT2D eigenvalue weighted by Gasteiger charge is 2.45. The van der Waals surface area contributed by atoms with Crippen molar-refractivity contribution in [2.45, 2.75) is 98.7 Å². The molecule has 3 rings (SSSR count). The zero-order valence-corrected chi connectivity index (χ0v) is 22.8. The normalized spacial score (nSPS) is 33.4. The van der Waals surface area contributed by atoms with E-state index in [1.807, 2.05) is 6.92 Å². The summed E-state index contributed by atoms with van der Waals surface area (Å²) >= 11 is 0. The van der Waals surface area contributed by atoms with Crippen LogP contribution in [-0.2, 0) is 4.84 Å². The van der Waals surface area contributed by atoms with Crippen LogP contribution in [0.25, 0.3) is 0 Å². The molecule has 35 heavy (non-hydrogen) atoms. The number of oxime groups is 1. The average Bonchev–Trinajstić information content (AvgIpc) is 3.14. The van der Waals surface area contributed by atoms with Crippen LogP contribution < -0.4 is 0 Å². The number of hydrogen-bond donors (Lipinski definition) is 2. The van der Waals surface area contributed by atoms with Gasteiger partial charge in [0.2, 0.25) is 0 Å². The van der Waals surface area contributed by atoms with Crippen molar-refractivity contribution in [3.63, 3.8) is 0 Å². The van der Waals surface area contributed by atoms with Gasteiger partial charge in [-0.25, -0.2) is 0 Å². The number of hydrogen-bond acceptors (Lipinski definition) is 4. The van der Waals surface area contributed by atoms with Gasteiger partial charge in [0.15, 0.2) is 0 Å². The monoisotopic (exact) mass is 481 g/mol. The fourth-order valence-electron chi connectivity index (χ4n) is 6.14. The SMILES string of the molecule is C=C1/C(=C\C=C2/CCC[C@]3(C)C([C@H](C)C/C=C/C(=N\OCC)C(C)(C)C)=CC[C@@H]23)C[C@@H](O)C[C@@H]1O. The van der Waals surface area contributed by atoms with Crippen LogP contribution in [0.1, 0.15) is 86.5 Å². The minimum Gasteiger partial charge on any atom is -0.396 e. The molecule has 0 bridgehead atoms. The lowest BCUT2D eigenvalue weighted by atomic mass is 9.62. The molecule has 4 heteroatoms. The van der Waals surface area contributed by atoms with E-state index in [0.717, 1.165) is 36.1 Å². The van der Waals surface area contributed by atoms with Gasteiger partial charge >= 0.3 is 0 Å². The van der Waals surface area contributed by atoms with E-state index < -0.39 is 12.2 Å². The molecule has 3 aliphatic rings. The van der Waals surface area contributed by atoms with Crippen LogP contribution in [0.4, 0.5) is 0 Å². The number of allylic oxidation sites excluding steroid dienone is 7. The van der Waals surface area contributed by atoms with E-state index in [0.29, 0.717) is 31.3 Å². The highest BCUT2D eigenvalue weighted by Crippen LogP contribution is 2.57. The molecule has 2 N–H and O–H groups in total. The van der Waals surface area contributed by atoms with E-state index in [4.69, 9.17) is 4.84 Å². The Bertz CT molecular complexity index is 929. The maximum absolute atomic E-state index is 10.2. The van der Waals surface area contributed by atoms with Crippen molar-refractivity contribution in [1.29, 1.82) is 0 Å². The highest BCUT2D eigenvalue weighted by molar-refractivity contribution is 5.98. The topological polar surface area (TPSA) is 62.0 Å².